The number of unbranched alkanes of at least 4 members (excludes halogenated alkanes) is 2. The molecule has 0 aliphatic carbocycles. The highest BCUT2D eigenvalue weighted by atomic mass is 16.3. The molecule has 0 aliphatic rings. The van der Waals surface area contributed by atoms with Gasteiger partial charge in [-0.25, -0.2) is 0 Å². The van der Waals surface area contributed by atoms with Crippen LogP contribution in [-0.4, -0.2) is 10.2 Å². The van der Waals surface area contributed by atoms with Crippen molar-refractivity contribution in [2.24, 2.45) is 0 Å². The van der Waals surface area contributed by atoms with Crippen molar-refractivity contribution < 1.29 is 10.2 Å². The van der Waals surface area contributed by atoms with Gasteiger partial charge in [-0.3, -0.25) is 0 Å². The molecule has 1 aromatic carbocycles. The third kappa shape index (κ3) is 7.08. The third-order valence-electron chi connectivity index (χ3n) is 4.22. The molecule has 0 aliphatic heterocycles. The predicted octanol–water partition coefficient (Wildman–Crippen LogP) is 6.54. The van der Waals surface area contributed by atoms with Gasteiger partial charge in [0.25, 0.3) is 0 Å². The van der Waals surface area contributed by atoms with Gasteiger partial charge in [0.1, 0.15) is 11.5 Å². The Hall–Kier alpha value is -1.96. The SMILES string of the molecule is CCCC/C=C/C/C=C\C/C=C\CC(C)c1ccc(O)c(C)c1O. The molecule has 24 heavy (non-hydrogen) atoms. The Morgan fingerprint density at radius 2 is 1.58 bits per heavy atom. The van der Waals surface area contributed by atoms with Crippen molar-refractivity contribution in [2.75, 3.05) is 0 Å². The van der Waals surface area contributed by atoms with E-state index in [2.05, 4.69) is 50.3 Å². The van der Waals surface area contributed by atoms with Crippen LogP contribution in [-0.2, 0) is 0 Å². The average molecular weight is 328 g/mol. The number of phenolic OH excluding ortho intramolecular Hbond substituents is 2. The van der Waals surface area contributed by atoms with Crippen LogP contribution in [0.15, 0.2) is 48.6 Å². The molecule has 2 N–H and O–H groups in total. The van der Waals surface area contributed by atoms with Crippen LogP contribution in [0.1, 0.15) is 69.4 Å². The van der Waals surface area contributed by atoms with Gasteiger partial charge in [0, 0.05) is 5.56 Å². The first kappa shape index (κ1) is 20.1. The monoisotopic (exact) mass is 328 g/mol. The van der Waals surface area contributed by atoms with Gasteiger partial charge in [-0.1, -0.05) is 69.2 Å². The zero-order valence-electron chi connectivity index (χ0n) is 15.3. The van der Waals surface area contributed by atoms with E-state index >= 15 is 0 Å². The largest absolute Gasteiger partial charge is 0.508 e. The van der Waals surface area contributed by atoms with Gasteiger partial charge >= 0.3 is 0 Å². The zero-order chi connectivity index (χ0) is 17.8. The van der Waals surface area contributed by atoms with E-state index in [4.69, 9.17) is 0 Å². The van der Waals surface area contributed by atoms with E-state index in [1.54, 1.807) is 19.1 Å². The first-order chi connectivity index (χ1) is 11.6. The Bertz CT molecular complexity index is 568. The van der Waals surface area contributed by atoms with Crippen LogP contribution in [0.25, 0.3) is 0 Å². The first-order valence-corrected chi connectivity index (χ1v) is 9.04. The zero-order valence-corrected chi connectivity index (χ0v) is 15.3. The molecule has 0 spiro atoms. The summed E-state index contributed by atoms with van der Waals surface area (Å²) in [6.45, 7) is 6.04. The molecular weight excluding hydrogens is 296 g/mol. The van der Waals surface area contributed by atoms with E-state index in [9.17, 15) is 10.2 Å². The van der Waals surface area contributed by atoms with E-state index in [1.807, 2.05) is 0 Å². The molecule has 0 heterocycles. The summed E-state index contributed by atoms with van der Waals surface area (Å²) in [6.07, 6.45) is 19.7. The molecule has 0 radical (unpaired) electrons. The first-order valence-electron chi connectivity index (χ1n) is 9.04. The second-order valence-corrected chi connectivity index (χ2v) is 6.31. The number of benzene rings is 1. The van der Waals surface area contributed by atoms with Crippen LogP contribution in [0.5, 0.6) is 11.5 Å². The maximum Gasteiger partial charge on any atom is 0.125 e. The smallest absolute Gasteiger partial charge is 0.125 e. The van der Waals surface area contributed by atoms with Crippen molar-refractivity contribution in [1.29, 1.82) is 0 Å². The van der Waals surface area contributed by atoms with Crippen molar-refractivity contribution in [3.8, 4) is 11.5 Å². The van der Waals surface area contributed by atoms with Gasteiger partial charge in [-0.05, 0) is 50.2 Å². The molecule has 0 fully saturated rings. The summed E-state index contributed by atoms with van der Waals surface area (Å²) in [7, 11) is 0. The quantitative estimate of drug-likeness (QED) is 0.378. The second kappa shape index (κ2) is 11.6. The van der Waals surface area contributed by atoms with Crippen LogP contribution >= 0.6 is 0 Å². The van der Waals surface area contributed by atoms with E-state index in [0.29, 0.717) is 5.56 Å². The fourth-order valence-corrected chi connectivity index (χ4v) is 2.52. The van der Waals surface area contributed by atoms with Gasteiger partial charge in [-0.2, -0.15) is 0 Å². The summed E-state index contributed by atoms with van der Waals surface area (Å²) >= 11 is 0. The standard InChI is InChI=1S/C22H32O2/c1-4-5-6-7-8-9-10-11-12-13-14-15-18(2)20-16-17-21(23)19(3)22(20)24/h7-8,10-11,13-14,16-18,23-24H,4-6,9,12,15H2,1-3H3/b8-7+,11-10-,14-13-. The van der Waals surface area contributed by atoms with Gasteiger partial charge in [0.15, 0.2) is 0 Å². The van der Waals surface area contributed by atoms with Crippen molar-refractivity contribution in [3.05, 3.63) is 59.7 Å². The molecule has 0 aromatic heterocycles. The number of rotatable bonds is 10. The van der Waals surface area contributed by atoms with E-state index < -0.39 is 0 Å². The molecule has 1 atom stereocenters. The summed E-state index contributed by atoms with van der Waals surface area (Å²) in [5.41, 5.74) is 1.45. The van der Waals surface area contributed by atoms with E-state index in [-0.39, 0.29) is 17.4 Å². The minimum absolute atomic E-state index is 0.146. The van der Waals surface area contributed by atoms with Gasteiger partial charge in [0.2, 0.25) is 0 Å². The number of allylic oxidation sites excluding steroid dienone is 6. The average Bonchev–Trinajstić information content (AvgIpc) is 2.57. The molecule has 0 saturated carbocycles. The maximum atomic E-state index is 10.1. The highest BCUT2D eigenvalue weighted by Gasteiger charge is 2.13. The lowest BCUT2D eigenvalue weighted by Crippen LogP contribution is -1.94. The summed E-state index contributed by atoms with van der Waals surface area (Å²) in [5, 5.41) is 19.7. The van der Waals surface area contributed by atoms with Crippen molar-refractivity contribution in [2.45, 2.75) is 65.2 Å². The molecule has 0 saturated heterocycles. The molecule has 0 amide bonds. The minimum atomic E-state index is 0.146. The van der Waals surface area contributed by atoms with Crippen LogP contribution in [0.2, 0.25) is 0 Å². The highest BCUT2D eigenvalue weighted by Crippen LogP contribution is 2.35. The Labute approximate surface area is 147 Å². The summed E-state index contributed by atoms with van der Waals surface area (Å²) < 4.78 is 0. The second-order valence-electron chi connectivity index (χ2n) is 6.31. The molecule has 2 heteroatoms. The summed E-state index contributed by atoms with van der Waals surface area (Å²) in [6, 6.07) is 3.46. The number of phenols is 2. The van der Waals surface area contributed by atoms with Crippen LogP contribution < -0.4 is 0 Å². The Kier molecular flexibility index (Phi) is 9.67. The molecule has 2 nitrogen and oxygen atoms in total. The van der Waals surface area contributed by atoms with Crippen LogP contribution in [0.3, 0.4) is 0 Å². The molecule has 0 bridgehead atoms. The fourth-order valence-electron chi connectivity index (χ4n) is 2.52. The molecule has 1 unspecified atom stereocenters. The Balaban J connectivity index is 2.32. The van der Waals surface area contributed by atoms with Crippen LogP contribution in [0, 0.1) is 6.92 Å². The van der Waals surface area contributed by atoms with Crippen molar-refractivity contribution in [1.82, 2.24) is 0 Å². The third-order valence-corrected chi connectivity index (χ3v) is 4.22. The van der Waals surface area contributed by atoms with Gasteiger partial charge in [-0.15, -0.1) is 0 Å². The topological polar surface area (TPSA) is 40.5 Å². The molecule has 1 rings (SSSR count). The number of aromatic hydroxyl groups is 2. The van der Waals surface area contributed by atoms with E-state index in [1.165, 1.54) is 19.3 Å². The van der Waals surface area contributed by atoms with Crippen molar-refractivity contribution in [3.63, 3.8) is 0 Å². The minimum Gasteiger partial charge on any atom is -0.508 e. The number of hydrogen-bond acceptors (Lipinski definition) is 2. The fraction of sp³-hybridized carbons (Fsp3) is 0.455. The maximum absolute atomic E-state index is 10.1. The number of hydrogen-bond donors (Lipinski definition) is 2. The lowest BCUT2D eigenvalue weighted by Gasteiger charge is -2.14. The Morgan fingerprint density at radius 1 is 0.958 bits per heavy atom. The lowest BCUT2D eigenvalue weighted by atomic mass is 9.94. The molecule has 132 valence electrons. The van der Waals surface area contributed by atoms with Crippen molar-refractivity contribution >= 4 is 0 Å². The summed E-state index contributed by atoms with van der Waals surface area (Å²) in [4.78, 5) is 0. The normalized spacial score (nSPS) is 13.5. The summed E-state index contributed by atoms with van der Waals surface area (Å²) in [5.74, 6) is 0.588. The van der Waals surface area contributed by atoms with E-state index in [0.717, 1.165) is 24.8 Å². The van der Waals surface area contributed by atoms with Gasteiger partial charge in [0.05, 0.1) is 0 Å². The highest BCUT2D eigenvalue weighted by molar-refractivity contribution is 5.49. The Morgan fingerprint density at radius 3 is 2.25 bits per heavy atom. The lowest BCUT2D eigenvalue weighted by molar-refractivity contribution is 0.435. The van der Waals surface area contributed by atoms with Gasteiger partial charge < -0.3 is 10.2 Å². The van der Waals surface area contributed by atoms with Crippen LogP contribution in [0.4, 0.5) is 0 Å². The predicted molar refractivity (Wildman–Crippen MR) is 104 cm³/mol. The molecule has 1 aromatic rings. The molecular formula is C22H32O2.